The lowest BCUT2D eigenvalue weighted by Gasteiger charge is -2.10. The Kier molecular flexibility index (Phi) is 5.32. The third-order valence-corrected chi connectivity index (χ3v) is 5.87. The Bertz CT molecular complexity index is 1160. The van der Waals surface area contributed by atoms with E-state index in [1.807, 2.05) is 48.0 Å². The molecule has 2 aromatic heterocycles. The maximum atomic E-state index is 12.6. The molecule has 4 nitrogen and oxygen atoms in total. The van der Waals surface area contributed by atoms with E-state index in [9.17, 15) is 4.79 Å². The molecule has 4 rings (SSSR count). The lowest BCUT2D eigenvalue weighted by Crippen LogP contribution is -2.18. The number of anilines is 1. The van der Waals surface area contributed by atoms with Crippen LogP contribution in [0.25, 0.3) is 22.0 Å². The van der Waals surface area contributed by atoms with Gasteiger partial charge in [0.05, 0.1) is 11.4 Å². The summed E-state index contributed by atoms with van der Waals surface area (Å²) in [4.78, 5) is 17.4. The summed E-state index contributed by atoms with van der Waals surface area (Å²) in [5.74, 6) is -0.0546. The van der Waals surface area contributed by atoms with Gasteiger partial charge in [0, 0.05) is 22.8 Å². The molecule has 0 fully saturated rings. The van der Waals surface area contributed by atoms with E-state index in [-0.39, 0.29) is 12.5 Å². The molecule has 5 heteroatoms. The van der Waals surface area contributed by atoms with Gasteiger partial charge in [-0.25, -0.2) is 4.98 Å². The molecule has 0 aliphatic heterocycles. The normalized spacial score (nSPS) is 10.9. The summed E-state index contributed by atoms with van der Waals surface area (Å²) < 4.78 is 1.94. The third-order valence-electron chi connectivity index (χ3n) is 5.00. The van der Waals surface area contributed by atoms with Gasteiger partial charge >= 0.3 is 0 Å². The summed E-state index contributed by atoms with van der Waals surface area (Å²) in [6.07, 6.45) is 1.92. The second-order valence-electron chi connectivity index (χ2n) is 7.27. The highest BCUT2D eigenvalue weighted by Gasteiger charge is 2.13. The van der Waals surface area contributed by atoms with Crippen LogP contribution < -0.4 is 5.32 Å². The minimum absolute atomic E-state index is 0.0546. The third kappa shape index (κ3) is 4.30. The highest BCUT2D eigenvalue weighted by molar-refractivity contribution is 7.13. The van der Waals surface area contributed by atoms with Gasteiger partial charge in [-0.15, -0.1) is 11.3 Å². The topological polar surface area (TPSA) is 46.9 Å². The number of hydrogen-bond donors (Lipinski definition) is 1. The summed E-state index contributed by atoms with van der Waals surface area (Å²) in [6.45, 7) is 6.43. The van der Waals surface area contributed by atoms with E-state index in [4.69, 9.17) is 4.98 Å². The molecule has 1 amide bonds. The van der Waals surface area contributed by atoms with Crippen LogP contribution in [0.5, 0.6) is 0 Å². The van der Waals surface area contributed by atoms with Gasteiger partial charge in [-0.3, -0.25) is 4.79 Å². The van der Waals surface area contributed by atoms with Gasteiger partial charge in [0.15, 0.2) is 0 Å². The summed E-state index contributed by atoms with van der Waals surface area (Å²) in [5, 5.41) is 5.96. The fourth-order valence-corrected chi connectivity index (χ4v) is 4.04. The number of thiazole rings is 1. The molecule has 29 heavy (non-hydrogen) atoms. The first-order valence-electron chi connectivity index (χ1n) is 9.55. The van der Waals surface area contributed by atoms with Crippen molar-refractivity contribution in [2.24, 2.45) is 0 Å². The van der Waals surface area contributed by atoms with Gasteiger partial charge in [-0.2, -0.15) is 0 Å². The van der Waals surface area contributed by atoms with E-state index in [1.54, 1.807) is 11.3 Å². The van der Waals surface area contributed by atoms with Crippen LogP contribution in [0.15, 0.2) is 66.2 Å². The summed E-state index contributed by atoms with van der Waals surface area (Å²) in [6, 6.07) is 18.3. The highest BCUT2D eigenvalue weighted by atomic mass is 32.1. The van der Waals surface area contributed by atoms with E-state index >= 15 is 0 Å². The van der Waals surface area contributed by atoms with Gasteiger partial charge < -0.3 is 9.88 Å². The summed E-state index contributed by atoms with van der Waals surface area (Å²) in [5.41, 5.74) is 7.43. The maximum absolute atomic E-state index is 12.6. The number of amides is 1. The van der Waals surface area contributed by atoms with Crippen molar-refractivity contribution in [2.75, 3.05) is 5.32 Å². The Balaban J connectivity index is 1.50. The van der Waals surface area contributed by atoms with Gasteiger partial charge in [0.25, 0.3) is 0 Å². The standard InChI is InChI=1S/C24H23N3OS/c1-16-6-9-19(10-7-16)21-15-29-24(26-21)22-5-4-12-27(22)14-23(28)25-20-11-8-17(2)18(3)13-20/h4-13,15H,14H2,1-3H3,(H,25,28). The number of nitrogens with zero attached hydrogens (tertiary/aromatic N) is 2. The highest BCUT2D eigenvalue weighted by Crippen LogP contribution is 2.29. The molecule has 0 bridgehead atoms. The van der Waals surface area contributed by atoms with Gasteiger partial charge in [0.2, 0.25) is 5.91 Å². The minimum Gasteiger partial charge on any atom is -0.336 e. The first-order valence-corrected chi connectivity index (χ1v) is 10.4. The van der Waals surface area contributed by atoms with E-state index < -0.39 is 0 Å². The molecular formula is C24H23N3OS. The average molecular weight is 402 g/mol. The van der Waals surface area contributed by atoms with Gasteiger partial charge in [-0.05, 0) is 56.2 Å². The SMILES string of the molecule is Cc1ccc(-c2csc(-c3cccn3CC(=O)Nc3ccc(C)c(C)c3)n2)cc1. The number of carbonyl (C=O) groups is 1. The minimum atomic E-state index is -0.0546. The Morgan fingerprint density at radius 3 is 2.59 bits per heavy atom. The van der Waals surface area contributed by atoms with Gasteiger partial charge in [0.1, 0.15) is 11.6 Å². The molecule has 4 aromatic rings. The lowest BCUT2D eigenvalue weighted by molar-refractivity contribution is -0.116. The van der Waals surface area contributed by atoms with Crippen LogP contribution in [0, 0.1) is 20.8 Å². The average Bonchev–Trinajstić information content (AvgIpc) is 3.34. The van der Waals surface area contributed by atoms with Crippen LogP contribution in [0.1, 0.15) is 16.7 Å². The zero-order valence-corrected chi connectivity index (χ0v) is 17.6. The van der Waals surface area contributed by atoms with E-state index in [2.05, 4.69) is 48.8 Å². The van der Waals surface area contributed by atoms with Crippen molar-refractivity contribution in [2.45, 2.75) is 27.3 Å². The molecule has 0 aliphatic carbocycles. The fourth-order valence-electron chi connectivity index (χ4n) is 3.17. The molecule has 0 saturated carbocycles. The van der Waals surface area contributed by atoms with Gasteiger partial charge in [-0.1, -0.05) is 35.9 Å². The van der Waals surface area contributed by atoms with Crippen molar-refractivity contribution in [1.29, 1.82) is 0 Å². The number of aryl methyl sites for hydroxylation is 3. The quantitative estimate of drug-likeness (QED) is 0.456. The molecule has 0 atom stereocenters. The largest absolute Gasteiger partial charge is 0.336 e. The van der Waals surface area contributed by atoms with Crippen LogP contribution in [-0.4, -0.2) is 15.5 Å². The van der Waals surface area contributed by atoms with Crippen molar-refractivity contribution < 1.29 is 4.79 Å². The molecule has 0 unspecified atom stereocenters. The van der Waals surface area contributed by atoms with Crippen LogP contribution >= 0.6 is 11.3 Å². The monoisotopic (exact) mass is 401 g/mol. The smallest absolute Gasteiger partial charge is 0.244 e. The Hall–Kier alpha value is -3.18. The van der Waals surface area contributed by atoms with E-state index in [0.717, 1.165) is 33.2 Å². The number of aromatic nitrogens is 2. The molecule has 0 radical (unpaired) electrons. The molecule has 2 heterocycles. The fraction of sp³-hybridized carbons (Fsp3) is 0.167. The number of benzene rings is 2. The second kappa shape index (κ2) is 8.05. The van der Waals surface area contributed by atoms with Crippen molar-refractivity contribution in [3.8, 4) is 22.0 Å². The zero-order chi connectivity index (χ0) is 20.4. The summed E-state index contributed by atoms with van der Waals surface area (Å²) >= 11 is 1.59. The molecule has 0 aliphatic rings. The van der Waals surface area contributed by atoms with Crippen LogP contribution in [0.3, 0.4) is 0 Å². The van der Waals surface area contributed by atoms with Crippen molar-refractivity contribution in [3.05, 3.63) is 82.9 Å². The van der Waals surface area contributed by atoms with Crippen LogP contribution in [-0.2, 0) is 11.3 Å². The molecular weight excluding hydrogens is 378 g/mol. The zero-order valence-electron chi connectivity index (χ0n) is 16.8. The predicted octanol–water partition coefficient (Wildman–Crippen LogP) is 5.84. The second-order valence-corrected chi connectivity index (χ2v) is 8.13. The number of nitrogens with one attached hydrogen (secondary N) is 1. The molecule has 1 N–H and O–H groups in total. The Morgan fingerprint density at radius 1 is 1.03 bits per heavy atom. The molecule has 146 valence electrons. The maximum Gasteiger partial charge on any atom is 0.244 e. The number of carbonyl (C=O) groups excluding carboxylic acids is 1. The number of rotatable bonds is 5. The van der Waals surface area contributed by atoms with Crippen molar-refractivity contribution in [1.82, 2.24) is 9.55 Å². The predicted molar refractivity (Wildman–Crippen MR) is 120 cm³/mol. The molecule has 0 saturated heterocycles. The first kappa shape index (κ1) is 19.2. The van der Waals surface area contributed by atoms with Crippen LogP contribution in [0.4, 0.5) is 5.69 Å². The Labute approximate surface area is 174 Å². The van der Waals surface area contributed by atoms with E-state index in [1.165, 1.54) is 11.1 Å². The first-order chi connectivity index (χ1) is 14.0. The summed E-state index contributed by atoms with van der Waals surface area (Å²) in [7, 11) is 0. The van der Waals surface area contributed by atoms with Crippen LogP contribution in [0.2, 0.25) is 0 Å². The van der Waals surface area contributed by atoms with Crippen molar-refractivity contribution >= 4 is 22.9 Å². The molecule has 2 aromatic carbocycles. The Morgan fingerprint density at radius 2 is 1.83 bits per heavy atom. The number of hydrogen-bond acceptors (Lipinski definition) is 3. The lowest BCUT2D eigenvalue weighted by atomic mass is 10.1. The van der Waals surface area contributed by atoms with E-state index in [0.29, 0.717) is 0 Å². The molecule has 0 spiro atoms. The van der Waals surface area contributed by atoms with Crippen molar-refractivity contribution in [3.63, 3.8) is 0 Å².